The minimum absolute atomic E-state index is 0.0378. The number of amides is 1. The average Bonchev–Trinajstić information content (AvgIpc) is 3.01. The fourth-order valence-corrected chi connectivity index (χ4v) is 3.67. The van der Waals surface area contributed by atoms with E-state index in [0.29, 0.717) is 21.5 Å². The van der Waals surface area contributed by atoms with Crippen LogP contribution >= 0.6 is 23.2 Å². The number of carbonyl (C=O) groups excluding carboxylic acids is 1. The molecular formula is C24H21Cl2N3O2. The third-order valence-electron chi connectivity index (χ3n) is 4.96. The first-order valence-corrected chi connectivity index (χ1v) is 10.2. The van der Waals surface area contributed by atoms with Crippen LogP contribution in [0.1, 0.15) is 22.5 Å². The molecule has 3 rings (SSSR count). The number of halogens is 2. The monoisotopic (exact) mass is 453 g/mol. The second-order valence-electron chi connectivity index (χ2n) is 7.06. The van der Waals surface area contributed by atoms with Gasteiger partial charge in [-0.25, -0.2) is 0 Å². The molecule has 0 aliphatic carbocycles. The molecule has 0 spiro atoms. The molecule has 0 radical (unpaired) electrons. The summed E-state index contributed by atoms with van der Waals surface area (Å²) < 4.78 is 7.28. The van der Waals surface area contributed by atoms with Crippen LogP contribution in [0.15, 0.2) is 48.0 Å². The molecule has 2 aromatic carbocycles. The van der Waals surface area contributed by atoms with Gasteiger partial charge in [-0.2, -0.15) is 5.26 Å². The molecule has 1 N–H and O–H groups in total. The van der Waals surface area contributed by atoms with Crippen molar-refractivity contribution in [2.24, 2.45) is 0 Å². The van der Waals surface area contributed by atoms with Gasteiger partial charge >= 0.3 is 0 Å². The molecule has 158 valence electrons. The van der Waals surface area contributed by atoms with E-state index in [2.05, 4.69) is 5.32 Å². The summed E-state index contributed by atoms with van der Waals surface area (Å²) >= 11 is 12.3. The summed E-state index contributed by atoms with van der Waals surface area (Å²) in [4.78, 5) is 12.8. The van der Waals surface area contributed by atoms with Gasteiger partial charge in [0.05, 0.1) is 12.8 Å². The zero-order chi connectivity index (χ0) is 22.7. The van der Waals surface area contributed by atoms with Crippen LogP contribution in [0.3, 0.4) is 0 Å². The van der Waals surface area contributed by atoms with E-state index in [9.17, 15) is 10.1 Å². The molecule has 0 atom stereocenters. The van der Waals surface area contributed by atoms with Crippen molar-refractivity contribution in [3.63, 3.8) is 0 Å². The molecule has 0 aliphatic rings. The highest BCUT2D eigenvalue weighted by molar-refractivity contribution is 6.31. The number of hydrogen-bond acceptors (Lipinski definition) is 3. The first-order chi connectivity index (χ1) is 14.7. The summed E-state index contributed by atoms with van der Waals surface area (Å²) in [6.45, 7) is 5.84. The minimum Gasteiger partial charge on any atom is -0.495 e. The Kier molecular flexibility index (Phi) is 6.74. The molecule has 0 saturated heterocycles. The summed E-state index contributed by atoms with van der Waals surface area (Å²) in [5, 5.41) is 13.4. The number of methoxy groups -OCH3 is 1. The highest BCUT2D eigenvalue weighted by atomic mass is 35.5. The van der Waals surface area contributed by atoms with E-state index < -0.39 is 5.91 Å². The Labute approximate surface area is 191 Å². The van der Waals surface area contributed by atoms with Gasteiger partial charge in [-0.1, -0.05) is 29.3 Å². The lowest BCUT2D eigenvalue weighted by Gasteiger charge is -2.11. The quantitative estimate of drug-likeness (QED) is 0.365. The van der Waals surface area contributed by atoms with Crippen molar-refractivity contribution in [1.82, 2.24) is 4.57 Å². The summed E-state index contributed by atoms with van der Waals surface area (Å²) in [5.41, 5.74) is 4.87. The Morgan fingerprint density at radius 2 is 1.87 bits per heavy atom. The highest BCUT2D eigenvalue weighted by Crippen LogP contribution is 2.29. The summed E-state index contributed by atoms with van der Waals surface area (Å²) in [6.07, 6.45) is 1.57. The van der Waals surface area contributed by atoms with E-state index in [1.54, 1.807) is 24.3 Å². The molecule has 5 nitrogen and oxygen atoms in total. The number of hydrogen-bond donors (Lipinski definition) is 1. The number of benzene rings is 2. The van der Waals surface area contributed by atoms with Gasteiger partial charge in [-0.3, -0.25) is 4.79 Å². The number of nitriles is 1. The lowest BCUT2D eigenvalue weighted by atomic mass is 10.1. The van der Waals surface area contributed by atoms with E-state index in [-0.39, 0.29) is 5.57 Å². The second kappa shape index (κ2) is 9.30. The lowest BCUT2D eigenvalue weighted by Crippen LogP contribution is -2.14. The van der Waals surface area contributed by atoms with E-state index >= 15 is 0 Å². The Morgan fingerprint density at radius 3 is 2.52 bits per heavy atom. The standard InChI is InChI=1S/C24H21Cl2N3O2/c1-14-5-7-20(12-21(14)26)29-15(2)9-17(16(29)3)10-18(13-27)24(30)28-22-11-19(25)6-8-23(22)31-4/h5-12H,1-4H3,(H,28,30)/b18-10+. The van der Waals surface area contributed by atoms with Gasteiger partial charge in [0.2, 0.25) is 0 Å². The van der Waals surface area contributed by atoms with E-state index in [0.717, 1.165) is 28.2 Å². The van der Waals surface area contributed by atoms with Gasteiger partial charge in [-0.05, 0) is 74.4 Å². The highest BCUT2D eigenvalue weighted by Gasteiger charge is 2.16. The summed E-state index contributed by atoms with van der Waals surface area (Å²) in [7, 11) is 1.49. The molecule has 0 unspecified atom stereocenters. The Balaban J connectivity index is 1.96. The van der Waals surface area contributed by atoms with E-state index in [1.807, 2.05) is 55.7 Å². The molecular weight excluding hydrogens is 433 g/mol. The Bertz CT molecular complexity index is 1240. The number of nitrogens with zero attached hydrogens (tertiary/aromatic N) is 2. The SMILES string of the molecule is COc1ccc(Cl)cc1NC(=O)/C(C#N)=C/c1cc(C)n(-c2ccc(C)c(Cl)c2)c1C. The largest absolute Gasteiger partial charge is 0.495 e. The van der Waals surface area contributed by atoms with Crippen molar-refractivity contribution in [2.45, 2.75) is 20.8 Å². The number of ether oxygens (including phenoxy) is 1. The van der Waals surface area contributed by atoms with Crippen LogP contribution in [-0.2, 0) is 4.79 Å². The van der Waals surface area contributed by atoms with Crippen molar-refractivity contribution in [3.8, 4) is 17.5 Å². The summed E-state index contributed by atoms with van der Waals surface area (Å²) in [5.74, 6) is -0.101. The number of rotatable bonds is 5. The zero-order valence-corrected chi connectivity index (χ0v) is 19.1. The van der Waals surface area contributed by atoms with Gasteiger partial charge in [-0.15, -0.1) is 0 Å². The maximum absolute atomic E-state index is 12.8. The first kappa shape index (κ1) is 22.5. The Morgan fingerprint density at radius 1 is 1.13 bits per heavy atom. The van der Waals surface area contributed by atoms with Crippen molar-refractivity contribution in [3.05, 3.63) is 80.6 Å². The maximum Gasteiger partial charge on any atom is 0.266 e. The van der Waals surface area contributed by atoms with Crippen molar-refractivity contribution in [1.29, 1.82) is 5.26 Å². The molecule has 1 heterocycles. The van der Waals surface area contributed by atoms with E-state index in [4.69, 9.17) is 27.9 Å². The molecule has 0 saturated carbocycles. The second-order valence-corrected chi connectivity index (χ2v) is 7.91. The van der Waals surface area contributed by atoms with Gasteiger partial charge < -0.3 is 14.6 Å². The Hall–Kier alpha value is -3.20. The molecule has 7 heteroatoms. The molecule has 1 aromatic heterocycles. The fourth-order valence-electron chi connectivity index (χ4n) is 3.32. The van der Waals surface area contributed by atoms with Crippen LogP contribution in [0.5, 0.6) is 5.75 Å². The van der Waals surface area contributed by atoms with Crippen molar-refractivity contribution in [2.75, 3.05) is 12.4 Å². The molecule has 1 amide bonds. The third-order valence-corrected chi connectivity index (χ3v) is 5.60. The van der Waals surface area contributed by atoms with Crippen LogP contribution < -0.4 is 10.1 Å². The van der Waals surface area contributed by atoms with Crippen molar-refractivity contribution < 1.29 is 9.53 Å². The average molecular weight is 454 g/mol. The van der Waals surface area contributed by atoms with Crippen LogP contribution in [0.4, 0.5) is 5.69 Å². The summed E-state index contributed by atoms with van der Waals surface area (Å²) in [6, 6.07) is 14.6. The minimum atomic E-state index is -0.550. The third kappa shape index (κ3) is 4.77. The topological polar surface area (TPSA) is 67.0 Å². The lowest BCUT2D eigenvalue weighted by molar-refractivity contribution is -0.112. The number of carbonyl (C=O) groups is 1. The van der Waals surface area contributed by atoms with Gasteiger partial charge in [0, 0.05) is 27.1 Å². The fraction of sp³-hybridized carbons (Fsp3) is 0.167. The molecule has 0 fully saturated rings. The van der Waals surface area contributed by atoms with Crippen LogP contribution in [0.25, 0.3) is 11.8 Å². The van der Waals surface area contributed by atoms with Crippen molar-refractivity contribution >= 4 is 40.9 Å². The zero-order valence-electron chi connectivity index (χ0n) is 17.6. The van der Waals surface area contributed by atoms with Crippen LogP contribution in [0.2, 0.25) is 10.0 Å². The first-order valence-electron chi connectivity index (χ1n) is 9.47. The van der Waals surface area contributed by atoms with Gasteiger partial charge in [0.1, 0.15) is 17.4 Å². The van der Waals surface area contributed by atoms with Crippen LogP contribution in [-0.4, -0.2) is 17.6 Å². The molecule has 3 aromatic rings. The van der Waals surface area contributed by atoms with Gasteiger partial charge in [0.15, 0.2) is 0 Å². The maximum atomic E-state index is 12.8. The number of nitrogens with one attached hydrogen (secondary N) is 1. The van der Waals surface area contributed by atoms with Gasteiger partial charge in [0.25, 0.3) is 5.91 Å². The molecule has 31 heavy (non-hydrogen) atoms. The van der Waals surface area contributed by atoms with E-state index in [1.165, 1.54) is 7.11 Å². The smallest absolute Gasteiger partial charge is 0.266 e. The molecule has 0 bridgehead atoms. The predicted molar refractivity (Wildman–Crippen MR) is 125 cm³/mol. The molecule has 0 aliphatic heterocycles. The number of aromatic nitrogens is 1. The normalized spacial score (nSPS) is 11.2. The van der Waals surface area contributed by atoms with Crippen LogP contribution in [0, 0.1) is 32.1 Å². The predicted octanol–water partition coefficient (Wildman–Crippen LogP) is 6.26. The number of anilines is 1. The number of aryl methyl sites for hydroxylation is 2.